The van der Waals surface area contributed by atoms with Gasteiger partial charge in [-0.25, -0.2) is 4.79 Å². The van der Waals surface area contributed by atoms with Gasteiger partial charge in [0.1, 0.15) is 5.00 Å². The first-order valence-corrected chi connectivity index (χ1v) is 6.25. The van der Waals surface area contributed by atoms with Crippen LogP contribution in [0.3, 0.4) is 0 Å². The van der Waals surface area contributed by atoms with E-state index in [-0.39, 0.29) is 5.97 Å². The Morgan fingerprint density at radius 2 is 2.44 bits per heavy atom. The number of nitrogen functional groups attached to an aromatic ring is 1. The highest BCUT2D eigenvalue weighted by Gasteiger charge is 2.27. The molecule has 2 heterocycles. The first-order chi connectivity index (χ1) is 7.67. The number of thiophene rings is 1. The van der Waals surface area contributed by atoms with Crippen LogP contribution in [0.2, 0.25) is 0 Å². The molecule has 0 bridgehead atoms. The molecule has 0 amide bonds. The van der Waals surface area contributed by atoms with Crippen molar-refractivity contribution in [3.8, 4) is 0 Å². The number of fused-ring (bicyclic) bond motifs is 1. The largest absolute Gasteiger partial charge is 0.465 e. The number of carbonyl (C=O) groups is 1. The van der Waals surface area contributed by atoms with Crippen molar-refractivity contribution < 1.29 is 9.53 Å². The topological polar surface area (TPSA) is 64.4 Å². The molecule has 1 aromatic heterocycles. The highest BCUT2D eigenvalue weighted by Crippen LogP contribution is 2.40. The standard InChI is InChI=1S/C11H16N2O2S/c1-3-6-4-5-7-8(11(14)15-2)9(12)16-10(7)13-6/h6,13H,3-5,12H2,1-2H3/t6-/m1/s1. The molecule has 4 nitrogen and oxygen atoms in total. The molecule has 0 unspecified atom stereocenters. The summed E-state index contributed by atoms with van der Waals surface area (Å²) in [5.41, 5.74) is 7.45. The van der Waals surface area contributed by atoms with Gasteiger partial charge in [0, 0.05) is 11.6 Å². The van der Waals surface area contributed by atoms with E-state index in [0.29, 0.717) is 16.6 Å². The fraction of sp³-hybridized carbons (Fsp3) is 0.545. The lowest BCUT2D eigenvalue weighted by Gasteiger charge is -2.23. The summed E-state index contributed by atoms with van der Waals surface area (Å²) < 4.78 is 4.75. The normalized spacial score (nSPS) is 18.8. The maximum absolute atomic E-state index is 11.6. The van der Waals surface area contributed by atoms with E-state index >= 15 is 0 Å². The van der Waals surface area contributed by atoms with Gasteiger partial charge in [-0.1, -0.05) is 6.92 Å². The molecule has 0 spiro atoms. The summed E-state index contributed by atoms with van der Waals surface area (Å²) in [5.74, 6) is -0.327. The summed E-state index contributed by atoms with van der Waals surface area (Å²) in [6, 6.07) is 0.496. The zero-order valence-electron chi connectivity index (χ0n) is 9.50. The molecule has 0 saturated carbocycles. The molecule has 0 aromatic carbocycles. The van der Waals surface area contributed by atoms with Crippen molar-refractivity contribution in [2.24, 2.45) is 0 Å². The number of nitrogens with one attached hydrogen (secondary N) is 1. The van der Waals surface area contributed by atoms with E-state index in [2.05, 4.69) is 12.2 Å². The van der Waals surface area contributed by atoms with Crippen LogP contribution in [0.1, 0.15) is 35.7 Å². The van der Waals surface area contributed by atoms with E-state index in [0.717, 1.165) is 29.8 Å². The smallest absolute Gasteiger partial charge is 0.341 e. The van der Waals surface area contributed by atoms with Crippen molar-refractivity contribution in [3.05, 3.63) is 11.1 Å². The Balaban J connectivity index is 2.36. The Labute approximate surface area is 98.8 Å². The zero-order chi connectivity index (χ0) is 11.7. The van der Waals surface area contributed by atoms with Crippen LogP contribution in [0.5, 0.6) is 0 Å². The van der Waals surface area contributed by atoms with Gasteiger partial charge >= 0.3 is 5.97 Å². The molecule has 5 heteroatoms. The Morgan fingerprint density at radius 3 is 3.06 bits per heavy atom. The molecule has 0 fully saturated rings. The number of methoxy groups -OCH3 is 1. The molecule has 88 valence electrons. The number of rotatable bonds is 2. The van der Waals surface area contributed by atoms with Gasteiger partial charge in [-0.15, -0.1) is 11.3 Å². The van der Waals surface area contributed by atoms with E-state index in [9.17, 15) is 4.79 Å². The van der Waals surface area contributed by atoms with Gasteiger partial charge in [0.25, 0.3) is 0 Å². The van der Waals surface area contributed by atoms with Gasteiger partial charge in [-0.3, -0.25) is 0 Å². The van der Waals surface area contributed by atoms with E-state index < -0.39 is 0 Å². The van der Waals surface area contributed by atoms with Gasteiger partial charge < -0.3 is 15.8 Å². The maximum Gasteiger partial charge on any atom is 0.341 e. The van der Waals surface area contributed by atoms with Crippen LogP contribution in [0, 0.1) is 0 Å². The lowest BCUT2D eigenvalue weighted by Crippen LogP contribution is -2.24. The number of ether oxygens (including phenoxy) is 1. The van der Waals surface area contributed by atoms with Crippen molar-refractivity contribution in [1.29, 1.82) is 0 Å². The van der Waals surface area contributed by atoms with Gasteiger partial charge in [-0.2, -0.15) is 0 Å². The van der Waals surface area contributed by atoms with Crippen molar-refractivity contribution in [1.82, 2.24) is 0 Å². The highest BCUT2D eigenvalue weighted by atomic mass is 32.1. The van der Waals surface area contributed by atoms with Crippen LogP contribution in [0.4, 0.5) is 10.0 Å². The van der Waals surface area contributed by atoms with Crippen LogP contribution in [0.15, 0.2) is 0 Å². The van der Waals surface area contributed by atoms with Crippen LogP contribution in [0.25, 0.3) is 0 Å². The molecule has 1 aromatic rings. The monoisotopic (exact) mass is 240 g/mol. The first-order valence-electron chi connectivity index (χ1n) is 5.43. The number of esters is 1. The Morgan fingerprint density at radius 1 is 1.69 bits per heavy atom. The minimum Gasteiger partial charge on any atom is -0.465 e. The van der Waals surface area contributed by atoms with Gasteiger partial charge in [0.2, 0.25) is 0 Å². The lowest BCUT2D eigenvalue weighted by molar-refractivity contribution is 0.0601. The number of carbonyl (C=O) groups excluding carboxylic acids is 1. The molecule has 1 aliphatic heterocycles. The minimum absolute atomic E-state index is 0.327. The molecular weight excluding hydrogens is 224 g/mol. The summed E-state index contributed by atoms with van der Waals surface area (Å²) in [7, 11) is 1.39. The van der Waals surface area contributed by atoms with Crippen molar-refractivity contribution in [2.75, 3.05) is 18.2 Å². The Bertz CT molecular complexity index is 414. The summed E-state index contributed by atoms with van der Waals surface area (Å²) in [4.78, 5) is 11.6. The molecular formula is C11H16N2O2S. The SMILES string of the molecule is CC[C@@H]1CCc2c(sc(N)c2C(=O)OC)N1. The van der Waals surface area contributed by atoms with Crippen molar-refractivity contribution in [3.63, 3.8) is 0 Å². The quantitative estimate of drug-likeness (QED) is 0.778. The number of hydrogen-bond donors (Lipinski definition) is 2. The fourth-order valence-electron chi connectivity index (χ4n) is 2.05. The van der Waals surface area contributed by atoms with Crippen LogP contribution in [-0.2, 0) is 11.2 Å². The molecule has 0 radical (unpaired) electrons. The molecule has 2 rings (SSSR count). The molecule has 0 aliphatic carbocycles. The lowest BCUT2D eigenvalue weighted by atomic mass is 9.98. The second kappa shape index (κ2) is 4.33. The van der Waals surface area contributed by atoms with Gasteiger partial charge in [-0.05, 0) is 19.3 Å². The number of anilines is 2. The minimum atomic E-state index is -0.327. The predicted molar refractivity (Wildman–Crippen MR) is 66.1 cm³/mol. The fourth-order valence-corrected chi connectivity index (χ4v) is 3.13. The third-order valence-corrected chi connectivity index (χ3v) is 3.99. The maximum atomic E-state index is 11.6. The summed E-state index contributed by atoms with van der Waals surface area (Å²) in [6.07, 6.45) is 3.04. The Kier molecular flexibility index (Phi) is 3.05. The third-order valence-electron chi connectivity index (χ3n) is 2.99. The summed E-state index contributed by atoms with van der Waals surface area (Å²) >= 11 is 1.45. The van der Waals surface area contributed by atoms with Crippen LogP contribution < -0.4 is 11.1 Å². The zero-order valence-corrected chi connectivity index (χ0v) is 10.3. The molecule has 1 aliphatic rings. The third kappa shape index (κ3) is 1.75. The van der Waals surface area contributed by atoms with Crippen LogP contribution >= 0.6 is 11.3 Å². The highest BCUT2D eigenvalue weighted by molar-refractivity contribution is 7.20. The van der Waals surface area contributed by atoms with Crippen LogP contribution in [-0.4, -0.2) is 19.1 Å². The van der Waals surface area contributed by atoms with E-state index in [1.807, 2.05) is 0 Å². The Hall–Kier alpha value is -1.23. The van der Waals surface area contributed by atoms with E-state index in [1.165, 1.54) is 18.4 Å². The molecule has 0 saturated heterocycles. The summed E-state index contributed by atoms with van der Waals surface area (Å²) in [5, 5.41) is 5.01. The number of nitrogens with two attached hydrogens (primary N) is 1. The average Bonchev–Trinajstić information content (AvgIpc) is 2.62. The molecule has 16 heavy (non-hydrogen) atoms. The van der Waals surface area contributed by atoms with Crippen molar-refractivity contribution >= 4 is 27.3 Å². The second-order valence-electron chi connectivity index (χ2n) is 3.93. The number of hydrogen-bond acceptors (Lipinski definition) is 5. The first kappa shape index (κ1) is 11.3. The summed E-state index contributed by atoms with van der Waals surface area (Å²) in [6.45, 7) is 2.15. The van der Waals surface area contributed by atoms with Gasteiger partial charge in [0.05, 0.1) is 17.7 Å². The van der Waals surface area contributed by atoms with Crippen molar-refractivity contribution in [2.45, 2.75) is 32.2 Å². The molecule has 1 atom stereocenters. The predicted octanol–water partition coefficient (Wildman–Crippen LogP) is 2.25. The van der Waals surface area contributed by atoms with E-state index in [4.69, 9.17) is 10.5 Å². The van der Waals surface area contributed by atoms with E-state index in [1.54, 1.807) is 0 Å². The molecule has 3 N–H and O–H groups in total. The second-order valence-corrected chi connectivity index (χ2v) is 4.98. The average molecular weight is 240 g/mol. The van der Waals surface area contributed by atoms with Gasteiger partial charge in [0.15, 0.2) is 0 Å².